The molecule has 1 aromatic carbocycles. The number of halogens is 1. The minimum atomic E-state index is 0.339. The summed E-state index contributed by atoms with van der Waals surface area (Å²) in [5, 5.41) is 0. The molecule has 19 heavy (non-hydrogen) atoms. The van der Waals surface area contributed by atoms with E-state index in [0.29, 0.717) is 6.10 Å². The van der Waals surface area contributed by atoms with Crippen LogP contribution < -0.4 is 4.74 Å². The molecule has 3 rings (SSSR count). The first-order valence-electron chi connectivity index (χ1n) is 7.29. The van der Waals surface area contributed by atoms with Crippen molar-refractivity contribution in [1.82, 2.24) is 4.90 Å². The number of ether oxygens (including phenoxy) is 1. The lowest BCUT2D eigenvalue weighted by Gasteiger charge is -2.20. The van der Waals surface area contributed by atoms with E-state index in [1.54, 1.807) is 0 Å². The van der Waals surface area contributed by atoms with Gasteiger partial charge in [0, 0.05) is 25.4 Å². The van der Waals surface area contributed by atoms with Crippen LogP contribution in [0.2, 0.25) is 0 Å². The van der Waals surface area contributed by atoms with Gasteiger partial charge >= 0.3 is 0 Å². The fourth-order valence-corrected chi connectivity index (χ4v) is 3.62. The monoisotopic (exact) mass is 279 g/mol. The molecule has 0 aromatic heterocycles. The Kier molecular flexibility index (Phi) is 3.99. The van der Waals surface area contributed by atoms with Gasteiger partial charge in [0.25, 0.3) is 0 Å². The van der Waals surface area contributed by atoms with Gasteiger partial charge in [-0.1, -0.05) is 17.7 Å². The highest BCUT2D eigenvalue weighted by Gasteiger charge is 2.28. The van der Waals surface area contributed by atoms with Gasteiger partial charge in [0.15, 0.2) is 0 Å². The van der Waals surface area contributed by atoms with Crippen LogP contribution in [0.4, 0.5) is 0 Å². The highest BCUT2D eigenvalue weighted by molar-refractivity contribution is 6.17. The van der Waals surface area contributed by atoms with Gasteiger partial charge in [0.1, 0.15) is 11.9 Å². The van der Waals surface area contributed by atoms with Crippen LogP contribution in [0.15, 0.2) is 18.2 Å². The average molecular weight is 280 g/mol. The maximum Gasteiger partial charge on any atom is 0.123 e. The predicted octanol–water partition coefficient (Wildman–Crippen LogP) is 3.25. The maximum absolute atomic E-state index is 6.05. The zero-order valence-corrected chi connectivity index (χ0v) is 12.3. The van der Waals surface area contributed by atoms with Crippen molar-refractivity contribution in [2.45, 2.75) is 32.3 Å². The number of likely N-dealkylation sites (tertiary alicyclic amines) is 1. The van der Waals surface area contributed by atoms with Crippen molar-refractivity contribution in [2.75, 3.05) is 25.5 Å². The normalized spacial score (nSPS) is 26.4. The van der Waals surface area contributed by atoms with Gasteiger partial charge < -0.3 is 4.74 Å². The summed E-state index contributed by atoms with van der Waals surface area (Å²) < 4.78 is 6.05. The van der Waals surface area contributed by atoms with E-state index in [9.17, 15) is 0 Å². The Balaban J connectivity index is 1.54. The molecule has 2 aliphatic rings. The third-order valence-corrected chi connectivity index (χ3v) is 4.52. The molecule has 2 atom stereocenters. The van der Waals surface area contributed by atoms with E-state index in [1.807, 2.05) is 0 Å². The number of benzene rings is 1. The van der Waals surface area contributed by atoms with Crippen LogP contribution in [-0.2, 0) is 6.42 Å². The first-order chi connectivity index (χ1) is 9.24. The van der Waals surface area contributed by atoms with E-state index in [4.69, 9.17) is 16.3 Å². The molecular formula is C16H22ClNO. The summed E-state index contributed by atoms with van der Waals surface area (Å²) in [5.74, 6) is 2.68. The molecular weight excluding hydrogens is 258 g/mol. The minimum absolute atomic E-state index is 0.339. The number of nitrogens with zero attached hydrogens (tertiary/aromatic N) is 1. The smallest absolute Gasteiger partial charge is 0.123 e. The third kappa shape index (κ3) is 3.06. The van der Waals surface area contributed by atoms with Crippen molar-refractivity contribution in [3.63, 3.8) is 0 Å². The van der Waals surface area contributed by atoms with Crippen LogP contribution in [-0.4, -0.2) is 36.5 Å². The lowest BCUT2D eigenvalue weighted by atomic mass is 10.1. The quantitative estimate of drug-likeness (QED) is 0.785. The molecule has 0 aliphatic carbocycles. The Morgan fingerprint density at radius 3 is 3.16 bits per heavy atom. The van der Waals surface area contributed by atoms with E-state index >= 15 is 0 Å². The van der Waals surface area contributed by atoms with Gasteiger partial charge in [-0.15, -0.1) is 11.6 Å². The van der Waals surface area contributed by atoms with Gasteiger partial charge in [-0.3, -0.25) is 4.90 Å². The summed E-state index contributed by atoms with van der Waals surface area (Å²) in [6, 6.07) is 6.51. The number of rotatable bonds is 4. The molecule has 2 nitrogen and oxygen atoms in total. The van der Waals surface area contributed by atoms with Crippen molar-refractivity contribution in [3.05, 3.63) is 29.3 Å². The van der Waals surface area contributed by atoms with E-state index < -0.39 is 0 Å². The topological polar surface area (TPSA) is 12.5 Å². The van der Waals surface area contributed by atoms with Crippen molar-refractivity contribution in [3.8, 4) is 5.75 Å². The summed E-state index contributed by atoms with van der Waals surface area (Å²) in [6.07, 6.45) is 3.86. The molecule has 0 spiro atoms. The number of fused-ring (bicyclic) bond motifs is 1. The zero-order valence-electron chi connectivity index (χ0n) is 11.6. The van der Waals surface area contributed by atoms with Crippen LogP contribution in [0.1, 0.15) is 24.0 Å². The first-order valence-corrected chi connectivity index (χ1v) is 7.82. The Hall–Kier alpha value is -0.730. The Morgan fingerprint density at radius 1 is 1.42 bits per heavy atom. The SMILES string of the molecule is Cc1ccc2c(c1)CC(CN1CCC(CCCl)C1)O2. The minimum Gasteiger partial charge on any atom is -0.488 e. The van der Waals surface area contributed by atoms with Crippen molar-refractivity contribution >= 4 is 11.6 Å². The Labute approximate surface area is 120 Å². The second-order valence-electron chi connectivity index (χ2n) is 5.95. The largest absolute Gasteiger partial charge is 0.488 e. The van der Waals surface area contributed by atoms with Crippen LogP contribution in [0.3, 0.4) is 0 Å². The van der Waals surface area contributed by atoms with Crippen LogP contribution >= 0.6 is 11.6 Å². The maximum atomic E-state index is 6.05. The van der Waals surface area contributed by atoms with Crippen LogP contribution in [0.5, 0.6) is 5.75 Å². The molecule has 1 saturated heterocycles. The van der Waals surface area contributed by atoms with Crippen LogP contribution in [0.25, 0.3) is 0 Å². The van der Waals surface area contributed by atoms with Gasteiger partial charge in [-0.2, -0.15) is 0 Å². The summed E-state index contributed by atoms with van der Waals surface area (Å²) in [4.78, 5) is 2.54. The average Bonchev–Trinajstić information content (AvgIpc) is 2.96. The van der Waals surface area contributed by atoms with Crippen molar-refractivity contribution < 1.29 is 4.74 Å². The highest BCUT2D eigenvalue weighted by Crippen LogP contribution is 2.30. The molecule has 2 aliphatic heterocycles. The number of hydrogen-bond donors (Lipinski definition) is 0. The molecule has 1 fully saturated rings. The van der Waals surface area contributed by atoms with Crippen molar-refractivity contribution in [1.29, 1.82) is 0 Å². The van der Waals surface area contributed by atoms with Gasteiger partial charge in [-0.05, 0) is 43.9 Å². The molecule has 0 N–H and O–H groups in total. The van der Waals surface area contributed by atoms with E-state index in [2.05, 4.69) is 30.0 Å². The Morgan fingerprint density at radius 2 is 2.32 bits per heavy atom. The summed E-state index contributed by atoms with van der Waals surface area (Å²) in [7, 11) is 0. The lowest BCUT2D eigenvalue weighted by molar-refractivity contribution is 0.165. The molecule has 3 heteroatoms. The zero-order chi connectivity index (χ0) is 13.2. The van der Waals surface area contributed by atoms with Crippen molar-refractivity contribution in [2.24, 2.45) is 5.92 Å². The van der Waals surface area contributed by atoms with E-state index in [1.165, 1.54) is 30.6 Å². The molecule has 1 aromatic rings. The molecule has 0 radical (unpaired) electrons. The fraction of sp³-hybridized carbons (Fsp3) is 0.625. The van der Waals surface area contributed by atoms with Gasteiger partial charge in [-0.25, -0.2) is 0 Å². The second-order valence-corrected chi connectivity index (χ2v) is 6.33. The molecule has 0 amide bonds. The highest BCUT2D eigenvalue weighted by atomic mass is 35.5. The summed E-state index contributed by atoms with van der Waals surface area (Å²) in [6.45, 7) is 5.61. The van der Waals surface area contributed by atoms with Crippen LogP contribution in [0, 0.1) is 12.8 Å². The predicted molar refractivity (Wildman–Crippen MR) is 79.2 cm³/mol. The molecule has 0 saturated carbocycles. The fourth-order valence-electron chi connectivity index (χ4n) is 3.31. The van der Waals surface area contributed by atoms with E-state index in [0.717, 1.165) is 36.9 Å². The first kappa shape index (κ1) is 13.3. The molecule has 2 heterocycles. The Bertz CT molecular complexity index is 448. The number of hydrogen-bond acceptors (Lipinski definition) is 2. The van der Waals surface area contributed by atoms with Gasteiger partial charge in [0.2, 0.25) is 0 Å². The third-order valence-electron chi connectivity index (χ3n) is 4.31. The van der Waals surface area contributed by atoms with E-state index in [-0.39, 0.29) is 0 Å². The standard InChI is InChI=1S/C16H22ClNO/c1-12-2-3-16-14(8-12)9-15(19-16)11-18-7-5-13(10-18)4-6-17/h2-3,8,13,15H,4-7,9-11H2,1H3. The lowest BCUT2D eigenvalue weighted by Crippen LogP contribution is -2.33. The van der Waals surface area contributed by atoms with Gasteiger partial charge in [0.05, 0.1) is 0 Å². The second kappa shape index (κ2) is 5.72. The molecule has 104 valence electrons. The molecule has 2 unspecified atom stereocenters. The summed E-state index contributed by atoms with van der Waals surface area (Å²) in [5.41, 5.74) is 2.70. The molecule has 0 bridgehead atoms. The summed E-state index contributed by atoms with van der Waals surface area (Å²) >= 11 is 5.83. The number of aryl methyl sites for hydroxylation is 1. The number of alkyl halides is 1.